The fourth-order valence-corrected chi connectivity index (χ4v) is 2.67. The molecule has 0 fully saturated rings. The lowest BCUT2D eigenvalue weighted by Crippen LogP contribution is -2.38. The third-order valence-electron chi connectivity index (χ3n) is 3.63. The molecule has 1 aromatic carbocycles. The number of nitrogens with zero attached hydrogens (tertiary/aromatic N) is 1. The fourth-order valence-electron chi connectivity index (χ4n) is 2.48. The van der Waals surface area contributed by atoms with E-state index < -0.39 is 5.97 Å². The first-order valence-corrected chi connectivity index (χ1v) is 7.27. The summed E-state index contributed by atoms with van der Waals surface area (Å²) in [6, 6.07) is 5.66. The monoisotopic (exact) mass is 297 g/mol. The van der Waals surface area contributed by atoms with Gasteiger partial charge in [0.25, 0.3) is 0 Å². The fraction of sp³-hybridized carbons (Fsp3) is 0.533. The number of benzene rings is 1. The maximum atomic E-state index is 10.9. The zero-order valence-corrected chi connectivity index (χ0v) is 12.6. The molecule has 2 unspecified atom stereocenters. The smallest absolute Gasteiger partial charge is 0.307 e. The van der Waals surface area contributed by atoms with Crippen LogP contribution in [-0.4, -0.2) is 41.7 Å². The summed E-state index contributed by atoms with van der Waals surface area (Å²) in [4.78, 5) is 13.1. The van der Waals surface area contributed by atoms with Crippen LogP contribution >= 0.6 is 11.6 Å². The Hall–Kier alpha value is -1.26. The van der Waals surface area contributed by atoms with Gasteiger partial charge in [-0.05, 0) is 30.3 Å². The van der Waals surface area contributed by atoms with E-state index in [1.54, 1.807) is 6.92 Å². The number of likely N-dealkylation sites (N-methyl/N-ethyl adjacent to an activating group) is 1. The van der Waals surface area contributed by atoms with Crippen LogP contribution < -0.4 is 4.74 Å². The van der Waals surface area contributed by atoms with Crippen LogP contribution in [0, 0.1) is 5.92 Å². The van der Waals surface area contributed by atoms with Gasteiger partial charge in [0.15, 0.2) is 0 Å². The molecule has 0 bridgehead atoms. The SMILES string of the molecule is CCN(CC1Cc2cc(Cl)ccc2O1)CC(C)C(=O)O. The Bertz CT molecular complexity index is 492. The van der Waals surface area contributed by atoms with Gasteiger partial charge < -0.3 is 9.84 Å². The van der Waals surface area contributed by atoms with Crippen LogP contribution in [0.4, 0.5) is 0 Å². The number of halogens is 1. The van der Waals surface area contributed by atoms with Gasteiger partial charge in [0, 0.05) is 24.5 Å². The number of carbonyl (C=O) groups is 1. The molecule has 1 aliphatic heterocycles. The van der Waals surface area contributed by atoms with Crippen LogP contribution in [0.5, 0.6) is 5.75 Å². The summed E-state index contributed by atoms with van der Waals surface area (Å²) in [6.45, 7) is 5.86. The lowest BCUT2D eigenvalue weighted by Gasteiger charge is -2.25. The summed E-state index contributed by atoms with van der Waals surface area (Å²) in [7, 11) is 0. The van der Waals surface area contributed by atoms with Crippen molar-refractivity contribution in [1.29, 1.82) is 0 Å². The summed E-state index contributed by atoms with van der Waals surface area (Å²) in [5.74, 6) is -0.235. The number of carboxylic acid groups (broad SMARTS) is 1. The summed E-state index contributed by atoms with van der Waals surface area (Å²) < 4.78 is 5.89. The quantitative estimate of drug-likeness (QED) is 0.877. The topological polar surface area (TPSA) is 49.8 Å². The first kappa shape index (κ1) is 15.1. The molecule has 1 heterocycles. The number of ether oxygens (including phenoxy) is 1. The molecule has 0 aromatic heterocycles. The van der Waals surface area contributed by atoms with Crippen molar-refractivity contribution in [3.63, 3.8) is 0 Å². The summed E-state index contributed by atoms with van der Waals surface area (Å²) in [5, 5.41) is 9.71. The van der Waals surface area contributed by atoms with Gasteiger partial charge in [-0.25, -0.2) is 0 Å². The molecular formula is C15H20ClNO3. The average Bonchev–Trinajstić information content (AvgIpc) is 2.78. The van der Waals surface area contributed by atoms with Crippen molar-refractivity contribution in [1.82, 2.24) is 4.90 Å². The molecule has 5 heteroatoms. The Morgan fingerprint density at radius 3 is 3.00 bits per heavy atom. The zero-order valence-electron chi connectivity index (χ0n) is 11.8. The van der Waals surface area contributed by atoms with Gasteiger partial charge in [0.05, 0.1) is 5.92 Å². The van der Waals surface area contributed by atoms with Gasteiger partial charge in [0.2, 0.25) is 0 Å². The van der Waals surface area contributed by atoms with Crippen LogP contribution in [0.3, 0.4) is 0 Å². The van der Waals surface area contributed by atoms with Crippen LogP contribution in [0.15, 0.2) is 18.2 Å². The van der Waals surface area contributed by atoms with E-state index in [1.165, 1.54) is 0 Å². The molecule has 0 saturated heterocycles. The third-order valence-corrected chi connectivity index (χ3v) is 3.86. The molecule has 4 nitrogen and oxygen atoms in total. The van der Waals surface area contributed by atoms with Crippen molar-refractivity contribution < 1.29 is 14.6 Å². The molecule has 1 aromatic rings. The van der Waals surface area contributed by atoms with Gasteiger partial charge in [-0.3, -0.25) is 9.69 Å². The molecule has 0 radical (unpaired) electrons. The number of hydrogen-bond donors (Lipinski definition) is 1. The molecule has 2 atom stereocenters. The zero-order chi connectivity index (χ0) is 14.7. The van der Waals surface area contributed by atoms with Crippen molar-refractivity contribution in [2.45, 2.75) is 26.4 Å². The molecule has 1 aliphatic rings. The highest BCUT2D eigenvalue weighted by Gasteiger charge is 2.26. The second kappa shape index (κ2) is 6.46. The van der Waals surface area contributed by atoms with Crippen molar-refractivity contribution in [2.24, 2.45) is 5.92 Å². The van der Waals surface area contributed by atoms with E-state index in [2.05, 4.69) is 4.90 Å². The van der Waals surface area contributed by atoms with Gasteiger partial charge in [-0.15, -0.1) is 0 Å². The molecule has 1 N–H and O–H groups in total. The minimum atomic E-state index is -0.758. The summed E-state index contributed by atoms with van der Waals surface area (Å²) >= 11 is 5.98. The van der Waals surface area contributed by atoms with Gasteiger partial charge in [0.1, 0.15) is 11.9 Å². The largest absolute Gasteiger partial charge is 0.488 e. The lowest BCUT2D eigenvalue weighted by molar-refractivity contribution is -0.141. The highest BCUT2D eigenvalue weighted by atomic mass is 35.5. The van der Waals surface area contributed by atoms with Crippen molar-refractivity contribution >= 4 is 17.6 Å². The predicted molar refractivity (Wildman–Crippen MR) is 78.5 cm³/mol. The summed E-state index contributed by atoms with van der Waals surface area (Å²) in [5.41, 5.74) is 1.13. The van der Waals surface area contributed by atoms with Crippen LogP contribution in [-0.2, 0) is 11.2 Å². The molecule has 20 heavy (non-hydrogen) atoms. The van der Waals surface area contributed by atoms with E-state index in [9.17, 15) is 4.79 Å². The first-order chi connectivity index (χ1) is 9.49. The van der Waals surface area contributed by atoms with Crippen LogP contribution in [0.2, 0.25) is 5.02 Å². The van der Waals surface area contributed by atoms with Crippen LogP contribution in [0.1, 0.15) is 19.4 Å². The van der Waals surface area contributed by atoms with Gasteiger partial charge in [-0.1, -0.05) is 25.4 Å². The summed E-state index contributed by atoms with van der Waals surface area (Å²) in [6.07, 6.45) is 0.901. The van der Waals surface area contributed by atoms with E-state index in [0.29, 0.717) is 6.54 Å². The molecule has 0 amide bonds. The van der Waals surface area contributed by atoms with E-state index in [4.69, 9.17) is 21.4 Å². The van der Waals surface area contributed by atoms with E-state index >= 15 is 0 Å². The normalized spacial score (nSPS) is 18.7. The minimum Gasteiger partial charge on any atom is -0.488 e. The minimum absolute atomic E-state index is 0.0735. The Morgan fingerprint density at radius 2 is 2.35 bits per heavy atom. The third kappa shape index (κ3) is 3.64. The second-order valence-electron chi connectivity index (χ2n) is 5.29. The highest BCUT2D eigenvalue weighted by Crippen LogP contribution is 2.31. The van der Waals surface area contributed by atoms with Gasteiger partial charge in [-0.2, -0.15) is 0 Å². The Morgan fingerprint density at radius 1 is 1.60 bits per heavy atom. The number of hydrogen-bond acceptors (Lipinski definition) is 3. The van der Waals surface area contributed by atoms with Crippen LogP contribution in [0.25, 0.3) is 0 Å². The molecule has 0 saturated carbocycles. The Balaban J connectivity index is 1.92. The van der Waals surface area contributed by atoms with E-state index in [1.807, 2.05) is 25.1 Å². The lowest BCUT2D eigenvalue weighted by atomic mass is 10.1. The number of rotatable bonds is 6. The predicted octanol–water partition coefficient (Wildman–Crippen LogP) is 2.69. The molecule has 0 spiro atoms. The van der Waals surface area contributed by atoms with E-state index in [0.717, 1.165) is 35.8 Å². The molecule has 0 aliphatic carbocycles. The maximum absolute atomic E-state index is 10.9. The Labute approximate surface area is 124 Å². The first-order valence-electron chi connectivity index (χ1n) is 6.89. The number of carboxylic acids is 1. The van der Waals surface area contributed by atoms with Gasteiger partial charge >= 0.3 is 5.97 Å². The van der Waals surface area contributed by atoms with E-state index in [-0.39, 0.29) is 12.0 Å². The number of aliphatic carboxylic acids is 1. The number of fused-ring (bicyclic) bond motifs is 1. The standard InChI is InChI=1S/C15H20ClNO3/c1-3-17(8-10(2)15(18)19)9-13-7-11-6-12(16)4-5-14(11)20-13/h4-6,10,13H,3,7-9H2,1-2H3,(H,18,19). The molecule has 110 valence electrons. The maximum Gasteiger partial charge on any atom is 0.307 e. The Kier molecular flexibility index (Phi) is 4.89. The highest BCUT2D eigenvalue weighted by molar-refractivity contribution is 6.30. The molecule has 2 rings (SSSR count). The average molecular weight is 298 g/mol. The van der Waals surface area contributed by atoms with Crippen molar-refractivity contribution in [2.75, 3.05) is 19.6 Å². The molecular weight excluding hydrogens is 278 g/mol. The van der Waals surface area contributed by atoms with Crippen molar-refractivity contribution in [3.8, 4) is 5.75 Å². The second-order valence-corrected chi connectivity index (χ2v) is 5.72. The van der Waals surface area contributed by atoms with Crippen molar-refractivity contribution in [3.05, 3.63) is 28.8 Å².